The van der Waals surface area contributed by atoms with E-state index in [1.54, 1.807) is 20.8 Å². The third-order valence-electron chi connectivity index (χ3n) is 1.20. The van der Waals surface area contributed by atoms with E-state index in [0.717, 1.165) is 6.26 Å². The van der Waals surface area contributed by atoms with E-state index in [9.17, 15) is 8.42 Å². The summed E-state index contributed by atoms with van der Waals surface area (Å²) in [6.45, 7) is 8.17. The van der Waals surface area contributed by atoms with Gasteiger partial charge < -0.3 is 4.74 Å². The quantitative estimate of drug-likeness (QED) is 0.545. The van der Waals surface area contributed by atoms with Gasteiger partial charge in [-0.1, -0.05) is 27.4 Å². The standard InChI is InChI=1S/C7H14O4S/c1-5-11-6(7(2,3)4)12(8,9)10/h5-6H,1H2,2-4H3,(H,8,9,10). The smallest absolute Gasteiger partial charge is 0.303 e. The van der Waals surface area contributed by atoms with Gasteiger partial charge in [0.2, 0.25) is 5.44 Å². The summed E-state index contributed by atoms with van der Waals surface area (Å²) in [7, 11) is -4.18. The van der Waals surface area contributed by atoms with Crippen LogP contribution in [0.2, 0.25) is 0 Å². The first-order valence-corrected chi connectivity index (χ1v) is 4.92. The molecule has 1 atom stereocenters. The molecule has 1 N–H and O–H groups in total. The summed E-state index contributed by atoms with van der Waals surface area (Å²) in [6.07, 6.45) is 1.00. The Morgan fingerprint density at radius 1 is 1.50 bits per heavy atom. The first-order valence-electron chi connectivity index (χ1n) is 3.42. The molecule has 1 unspecified atom stereocenters. The Morgan fingerprint density at radius 3 is 2.00 bits per heavy atom. The van der Waals surface area contributed by atoms with Crippen molar-refractivity contribution in [2.45, 2.75) is 26.2 Å². The number of hydrogen-bond donors (Lipinski definition) is 1. The van der Waals surface area contributed by atoms with Crippen molar-refractivity contribution in [3.8, 4) is 0 Å². The molecule has 0 bridgehead atoms. The van der Waals surface area contributed by atoms with Crippen LogP contribution in [0.3, 0.4) is 0 Å². The molecule has 0 saturated heterocycles. The van der Waals surface area contributed by atoms with Crippen molar-refractivity contribution >= 4 is 10.1 Å². The summed E-state index contributed by atoms with van der Waals surface area (Å²) in [6, 6.07) is 0. The monoisotopic (exact) mass is 194 g/mol. The van der Waals surface area contributed by atoms with Crippen molar-refractivity contribution in [2.75, 3.05) is 0 Å². The number of ether oxygens (including phenoxy) is 1. The Kier molecular flexibility index (Phi) is 3.29. The Hall–Kier alpha value is -0.550. The molecule has 0 radical (unpaired) electrons. The average molecular weight is 194 g/mol. The maximum atomic E-state index is 10.8. The summed E-state index contributed by atoms with van der Waals surface area (Å²) in [4.78, 5) is 0. The van der Waals surface area contributed by atoms with Gasteiger partial charge in [-0.25, -0.2) is 0 Å². The average Bonchev–Trinajstić information content (AvgIpc) is 1.77. The molecule has 72 valence electrons. The molecule has 0 spiro atoms. The fourth-order valence-electron chi connectivity index (χ4n) is 0.809. The van der Waals surface area contributed by atoms with Crippen LogP contribution in [0.5, 0.6) is 0 Å². The SMILES string of the molecule is C=COC(C(C)(C)C)S(=O)(=O)O. The van der Waals surface area contributed by atoms with Crippen molar-refractivity contribution < 1.29 is 17.7 Å². The molecule has 0 aromatic carbocycles. The highest BCUT2D eigenvalue weighted by atomic mass is 32.2. The lowest BCUT2D eigenvalue weighted by Gasteiger charge is -2.26. The van der Waals surface area contributed by atoms with Crippen molar-refractivity contribution in [3.05, 3.63) is 12.8 Å². The predicted molar refractivity (Wildman–Crippen MR) is 46.1 cm³/mol. The van der Waals surface area contributed by atoms with Crippen LogP contribution >= 0.6 is 0 Å². The number of rotatable bonds is 3. The van der Waals surface area contributed by atoms with E-state index in [4.69, 9.17) is 9.29 Å². The van der Waals surface area contributed by atoms with Crippen molar-refractivity contribution in [2.24, 2.45) is 5.41 Å². The Morgan fingerprint density at radius 2 is 1.92 bits per heavy atom. The maximum absolute atomic E-state index is 10.8. The van der Waals surface area contributed by atoms with Gasteiger partial charge in [-0.2, -0.15) is 8.42 Å². The zero-order chi connectivity index (χ0) is 9.99. The van der Waals surface area contributed by atoms with Gasteiger partial charge in [0, 0.05) is 5.41 Å². The van der Waals surface area contributed by atoms with Crippen LogP contribution in [-0.4, -0.2) is 18.4 Å². The molecule has 0 aliphatic carbocycles. The molecule has 12 heavy (non-hydrogen) atoms. The predicted octanol–water partition coefficient (Wildman–Crippen LogP) is 1.41. The zero-order valence-electron chi connectivity index (χ0n) is 7.44. The largest absolute Gasteiger partial charge is 0.480 e. The van der Waals surface area contributed by atoms with Gasteiger partial charge in [-0.05, 0) is 0 Å². The van der Waals surface area contributed by atoms with Crippen LogP contribution < -0.4 is 0 Å². The highest BCUT2D eigenvalue weighted by molar-refractivity contribution is 7.86. The molecule has 0 aromatic rings. The topological polar surface area (TPSA) is 63.6 Å². The molecular formula is C7H14O4S. The fraction of sp³-hybridized carbons (Fsp3) is 0.714. The third kappa shape index (κ3) is 3.23. The Labute approximate surface area is 73.0 Å². The lowest BCUT2D eigenvalue weighted by molar-refractivity contribution is 0.103. The van der Waals surface area contributed by atoms with E-state index in [2.05, 4.69) is 6.58 Å². The minimum atomic E-state index is -4.18. The molecule has 0 aliphatic rings. The zero-order valence-corrected chi connectivity index (χ0v) is 8.26. The van der Waals surface area contributed by atoms with Crippen LogP contribution in [0, 0.1) is 5.41 Å². The molecule has 0 aliphatic heterocycles. The lowest BCUT2D eigenvalue weighted by Crippen LogP contribution is -2.35. The van der Waals surface area contributed by atoms with Gasteiger partial charge >= 0.3 is 10.1 Å². The fourth-order valence-corrected chi connectivity index (χ4v) is 1.92. The van der Waals surface area contributed by atoms with Crippen LogP contribution in [0.1, 0.15) is 20.8 Å². The molecule has 0 heterocycles. The first kappa shape index (κ1) is 11.4. The molecule has 0 saturated carbocycles. The maximum Gasteiger partial charge on any atom is 0.303 e. The van der Waals surface area contributed by atoms with E-state index in [1.807, 2.05) is 0 Å². The van der Waals surface area contributed by atoms with E-state index in [-0.39, 0.29) is 0 Å². The second kappa shape index (κ2) is 3.45. The summed E-state index contributed by atoms with van der Waals surface area (Å²) in [5.74, 6) is 0. The first-order chi connectivity index (χ1) is 5.19. The van der Waals surface area contributed by atoms with Gasteiger partial charge in [-0.3, -0.25) is 4.55 Å². The van der Waals surface area contributed by atoms with E-state index < -0.39 is 21.0 Å². The van der Waals surface area contributed by atoms with Crippen LogP contribution in [0.15, 0.2) is 12.8 Å². The van der Waals surface area contributed by atoms with E-state index >= 15 is 0 Å². The minimum Gasteiger partial charge on any atom is -0.480 e. The van der Waals surface area contributed by atoms with Crippen molar-refractivity contribution in [1.82, 2.24) is 0 Å². The minimum absolute atomic E-state index is 0.679. The summed E-state index contributed by atoms with van der Waals surface area (Å²) >= 11 is 0. The van der Waals surface area contributed by atoms with E-state index in [0.29, 0.717) is 0 Å². The van der Waals surface area contributed by atoms with Crippen LogP contribution in [-0.2, 0) is 14.9 Å². The van der Waals surface area contributed by atoms with Crippen LogP contribution in [0.25, 0.3) is 0 Å². The lowest BCUT2D eigenvalue weighted by atomic mass is 9.98. The van der Waals surface area contributed by atoms with Gasteiger partial charge in [0.05, 0.1) is 6.26 Å². The molecule has 0 rings (SSSR count). The van der Waals surface area contributed by atoms with Crippen LogP contribution in [0.4, 0.5) is 0 Å². The Balaban J connectivity index is 4.81. The summed E-state index contributed by atoms with van der Waals surface area (Å²) < 4.78 is 34.9. The second-order valence-electron chi connectivity index (χ2n) is 3.52. The van der Waals surface area contributed by atoms with Gasteiger partial charge in [-0.15, -0.1) is 0 Å². The highest BCUT2D eigenvalue weighted by Gasteiger charge is 2.36. The molecule has 4 nitrogen and oxygen atoms in total. The summed E-state index contributed by atoms with van der Waals surface area (Å²) in [5.41, 5.74) is -1.94. The Bertz CT molecular complexity index is 247. The summed E-state index contributed by atoms with van der Waals surface area (Å²) in [5, 5.41) is 0. The second-order valence-corrected chi connectivity index (χ2v) is 4.97. The highest BCUT2D eigenvalue weighted by Crippen LogP contribution is 2.25. The molecule has 0 fully saturated rings. The number of hydrogen-bond acceptors (Lipinski definition) is 3. The molecule has 5 heteroatoms. The van der Waals surface area contributed by atoms with Crippen molar-refractivity contribution in [1.29, 1.82) is 0 Å². The van der Waals surface area contributed by atoms with Gasteiger partial charge in [0.15, 0.2) is 0 Å². The van der Waals surface area contributed by atoms with Crippen molar-refractivity contribution in [3.63, 3.8) is 0 Å². The normalized spacial score (nSPS) is 15.3. The van der Waals surface area contributed by atoms with Gasteiger partial charge in [0.1, 0.15) is 0 Å². The molecular weight excluding hydrogens is 180 g/mol. The van der Waals surface area contributed by atoms with Gasteiger partial charge in [0.25, 0.3) is 0 Å². The third-order valence-corrected chi connectivity index (χ3v) is 2.56. The molecule has 0 aromatic heterocycles. The van der Waals surface area contributed by atoms with E-state index in [1.165, 1.54) is 0 Å². The molecule has 0 amide bonds.